The van der Waals surface area contributed by atoms with E-state index in [1.807, 2.05) is 36.4 Å². The molecule has 0 aliphatic carbocycles. The van der Waals surface area contributed by atoms with Crippen LogP contribution in [-0.2, 0) is 6.42 Å². The molecule has 18 heavy (non-hydrogen) atoms. The average Bonchev–Trinajstić information content (AvgIpc) is 2.95. The third kappa shape index (κ3) is 2.36. The zero-order valence-corrected chi connectivity index (χ0v) is 12.0. The van der Waals surface area contributed by atoms with Crippen molar-refractivity contribution in [1.29, 1.82) is 0 Å². The van der Waals surface area contributed by atoms with Crippen LogP contribution in [0.4, 0.5) is 0 Å². The molecule has 0 radical (unpaired) electrons. The Morgan fingerprint density at radius 2 is 2.06 bits per heavy atom. The third-order valence-corrected chi connectivity index (χ3v) is 4.51. The summed E-state index contributed by atoms with van der Waals surface area (Å²) >= 11 is 5.17. The SMILES string of the molecule is NC(Cc1ccc(Br)s1)c1cc2ccccc2o1. The van der Waals surface area contributed by atoms with Gasteiger partial charge in [-0.15, -0.1) is 11.3 Å². The van der Waals surface area contributed by atoms with E-state index in [9.17, 15) is 0 Å². The van der Waals surface area contributed by atoms with Crippen molar-refractivity contribution >= 4 is 38.2 Å². The minimum Gasteiger partial charge on any atom is -0.459 e. The lowest BCUT2D eigenvalue weighted by molar-refractivity contribution is 0.495. The first-order valence-corrected chi connectivity index (χ1v) is 7.31. The van der Waals surface area contributed by atoms with Crippen LogP contribution >= 0.6 is 27.3 Å². The summed E-state index contributed by atoms with van der Waals surface area (Å²) in [5, 5.41) is 1.11. The molecule has 1 atom stereocenters. The second-order valence-corrected chi connectivity index (χ2v) is 6.75. The number of hydrogen-bond donors (Lipinski definition) is 1. The van der Waals surface area contributed by atoms with E-state index >= 15 is 0 Å². The Labute approximate surface area is 118 Å². The Kier molecular flexibility index (Phi) is 3.24. The van der Waals surface area contributed by atoms with Gasteiger partial charge in [-0.1, -0.05) is 18.2 Å². The van der Waals surface area contributed by atoms with Crippen LogP contribution in [0.1, 0.15) is 16.7 Å². The van der Waals surface area contributed by atoms with Gasteiger partial charge in [0.25, 0.3) is 0 Å². The molecule has 0 saturated heterocycles. The highest BCUT2D eigenvalue weighted by atomic mass is 79.9. The molecule has 92 valence electrons. The summed E-state index contributed by atoms with van der Waals surface area (Å²) in [5.41, 5.74) is 7.10. The number of benzene rings is 1. The highest BCUT2D eigenvalue weighted by molar-refractivity contribution is 9.11. The van der Waals surface area contributed by atoms with Crippen molar-refractivity contribution in [3.8, 4) is 0 Å². The third-order valence-electron chi connectivity index (χ3n) is 2.86. The minimum atomic E-state index is -0.0945. The van der Waals surface area contributed by atoms with Crippen LogP contribution in [0.15, 0.2) is 50.7 Å². The number of nitrogens with two attached hydrogens (primary N) is 1. The summed E-state index contributed by atoms with van der Waals surface area (Å²) in [5.74, 6) is 0.848. The van der Waals surface area contributed by atoms with Crippen LogP contribution < -0.4 is 5.73 Å². The maximum atomic E-state index is 6.20. The Balaban J connectivity index is 1.85. The van der Waals surface area contributed by atoms with Crippen LogP contribution in [0, 0.1) is 0 Å². The molecule has 3 aromatic rings. The van der Waals surface area contributed by atoms with Gasteiger partial charge in [-0.25, -0.2) is 0 Å². The van der Waals surface area contributed by atoms with Crippen molar-refractivity contribution in [3.05, 3.63) is 56.9 Å². The van der Waals surface area contributed by atoms with Crippen LogP contribution in [0.5, 0.6) is 0 Å². The number of rotatable bonds is 3. The second kappa shape index (κ2) is 4.88. The Morgan fingerprint density at radius 1 is 1.22 bits per heavy atom. The van der Waals surface area contributed by atoms with Crippen molar-refractivity contribution in [2.24, 2.45) is 5.73 Å². The van der Waals surface area contributed by atoms with Crippen LogP contribution in [0.3, 0.4) is 0 Å². The molecule has 2 heterocycles. The van der Waals surface area contributed by atoms with Crippen molar-refractivity contribution in [1.82, 2.24) is 0 Å². The molecule has 0 aliphatic heterocycles. The normalized spacial score (nSPS) is 13.0. The maximum absolute atomic E-state index is 6.20. The Morgan fingerprint density at radius 3 is 2.78 bits per heavy atom. The van der Waals surface area contributed by atoms with Crippen LogP contribution in [0.25, 0.3) is 11.0 Å². The minimum absolute atomic E-state index is 0.0945. The predicted molar refractivity (Wildman–Crippen MR) is 78.9 cm³/mol. The van der Waals surface area contributed by atoms with E-state index in [1.54, 1.807) is 11.3 Å². The number of thiophene rings is 1. The summed E-state index contributed by atoms with van der Waals surface area (Å²) in [6.45, 7) is 0. The van der Waals surface area contributed by atoms with Gasteiger partial charge in [-0.3, -0.25) is 0 Å². The lowest BCUT2D eigenvalue weighted by Gasteiger charge is -2.06. The molecule has 3 rings (SSSR count). The summed E-state index contributed by atoms with van der Waals surface area (Å²) in [6.07, 6.45) is 0.802. The molecule has 0 fully saturated rings. The number of para-hydroxylation sites is 1. The van der Waals surface area contributed by atoms with Crippen LogP contribution in [-0.4, -0.2) is 0 Å². The first kappa shape index (κ1) is 12.0. The lowest BCUT2D eigenvalue weighted by atomic mass is 10.1. The highest BCUT2D eigenvalue weighted by Gasteiger charge is 2.13. The second-order valence-electron chi connectivity index (χ2n) is 4.20. The fourth-order valence-corrected chi connectivity index (χ4v) is 3.51. The molecule has 0 amide bonds. The largest absolute Gasteiger partial charge is 0.459 e. The van der Waals surface area contributed by atoms with Gasteiger partial charge in [0.05, 0.1) is 9.83 Å². The predicted octanol–water partition coefficient (Wildman–Crippen LogP) is 4.50. The number of fused-ring (bicyclic) bond motifs is 1. The van der Waals surface area contributed by atoms with Crippen molar-refractivity contribution < 1.29 is 4.42 Å². The van der Waals surface area contributed by atoms with E-state index in [-0.39, 0.29) is 6.04 Å². The molecule has 0 spiro atoms. The van der Waals surface area contributed by atoms with Crippen molar-refractivity contribution in [2.45, 2.75) is 12.5 Å². The van der Waals surface area contributed by atoms with Gasteiger partial charge in [0.2, 0.25) is 0 Å². The van der Waals surface area contributed by atoms with E-state index in [2.05, 4.69) is 22.0 Å². The van der Waals surface area contributed by atoms with E-state index in [0.717, 1.165) is 26.9 Å². The van der Waals surface area contributed by atoms with E-state index in [1.165, 1.54) is 4.88 Å². The lowest BCUT2D eigenvalue weighted by Crippen LogP contribution is -2.11. The molecular weight excluding hydrogens is 310 g/mol. The van der Waals surface area contributed by atoms with E-state index < -0.39 is 0 Å². The van der Waals surface area contributed by atoms with Crippen molar-refractivity contribution in [2.75, 3.05) is 0 Å². The van der Waals surface area contributed by atoms with Gasteiger partial charge in [0, 0.05) is 16.7 Å². The van der Waals surface area contributed by atoms with Gasteiger partial charge in [-0.05, 0) is 40.2 Å². The molecule has 2 N–H and O–H groups in total. The molecule has 2 nitrogen and oxygen atoms in total. The monoisotopic (exact) mass is 321 g/mol. The standard InChI is InChI=1S/C14H12BrNOS/c15-14-6-5-10(18-14)8-11(16)13-7-9-3-1-2-4-12(9)17-13/h1-7,11H,8,16H2. The summed E-state index contributed by atoms with van der Waals surface area (Å²) in [6, 6.07) is 14.1. The molecular formula is C14H12BrNOS. The molecule has 0 aliphatic rings. The summed E-state index contributed by atoms with van der Waals surface area (Å²) in [4.78, 5) is 1.26. The van der Waals surface area contributed by atoms with Gasteiger partial charge in [0.1, 0.15) is 11.3 Å². The molecule has 4 heteroatoms. The van der Waals surface area contributed by atoms with Gasteiger partial charge in [0.15, 0.2) is 0 Å². The molecule has 0 saturated carbocycles. The molecule has 0 bridgehead atoms. The molecule has 2 aromatic heterocycles. The molecule has 1 unspecified atom stereocenters. The Bertz CT molecular complexity index is 640. The summed E-state index contributed by atoms with van der Waals surface area (Å²) in [7, 11) is 0. The first-order valence-electron chi connectivity index (χ1n) is 5.70. The van der Waals surface area contributed by atoms with E-state index in [4.69, 9.17) is 10.2 Å². The van der Waals surface area contributed by atoms with Crippen LogP contribution in [0.2, 0.25) is 0 Å². The highest BCUT2D eigenvalue weighted by Crippen LogP contribution is 2.28. The number of furan rings is 1. The molecule has 1 aromatic carbocycles. The zero-order valence-electron chi connectivity index (χ0n) is 9.60. The zero-order chi connectivity index (χ0) is 12.5. The van der Waals surface area contributed by atoms with Gasteiger partial charge in [-0.2, -0.15) is 0 Å². The average molecular weight is 322 g/mol. The Hall–Kier alpha value is -1.10. The number of hydrogen-bond acceptors (Lipinski definition) is 3. The van der Waals surface area contributed by atoms with Gasteiger partial charge < -0.3 is 10.2 Å². The first-order chi connectivity index (χ1) is 8.72. The van der Waals surface area contributed by atoms with E-state index in [0.29, 0.717) is 0 Å². The fourth-order valence-electron chi connectivity index (χ4n) is 1.96. The smallest absolute Gasteiger partial charge is 0.134 e. The summed E-state index contributed by atoms with van der Waals surface area (Å²) < 4.78 is 6.91. The fraction of sp³-hybridized carbons (Fsp3) is 0.143. The van der Waals surface area contributed by atoms with Crippen molar-refractivity contribution in [3.63, 3.8) is 0 Å². The quantitative estimate of drug-likeness (QED) is 0.771. The maximum Gasteiger partial charge on any atom is 0.134 e. The number of halogens is 1. The van der Waals surface area contributed by atoms with Gasteiger partial charge >= 0.3 is 0 Å². The topological polar surface area (TPSA) is 39.2 Å².